The van der Waals surface area contributed by atoms with Crippen molar-refractivity contribution in [2.75, 3.05) is 25.2 Å². The third-order valence-electron chi connectivity index (χ3n) is 3.90. The summed E-state index contributed by atoms with van der Waals surface area (Å²) in [5, 5.41) is 9.59. The molecule has 1 saturated heterocycles. The van der Waals surface area contributed by atoms with E-state index in [1.807, 2.05) is 18.2 Å². The van der Waals surface area contributed by atoms with Crippen LogP contribution in [0.4, 0.5) is 0 Å². The summed E-state index contributed by atoms with van der Waals surface area (Å²) in [7, 11) is -1.30. The highest BCUT2D eigenvalue weighted by Crippen LogP contribution is 2.31. The summed E-state index contributed by atoms with van der Waals surface area (Å²) in [6, 6.07) is 5.70. The van der Waals surface area contributed by atoms with Crippen molar-refractivity contribution in [2.45, 2.75) is 12.8 Å². The molecule has 0 bridgehead atoms. The van der Waals surface area contributed by atoms with Gasteiger partial charge in [0.05, 0.1) is 18.6 Å². The van der Waals surface area contributed by atoms with Gasteiger partial charge in [0.15, 0.2) is 9.84 Å². The maximum absolute atomic E-state index is 11.6. The van der Waals surface area contributed by atoms with Gasteiger partial charge in [-0.1, -0.05) is 15.9 Å². The Labute approximate surface area is 128 Å². The van der Waals surface area contributed by atoms with E-state index >= 15 is 0 Å². The van der Waals surface area contributed by atoms with Gasteiger partial charge in [0.2, 0.25) is 0 Å². The Morgan fingerprint density at radius 1 is 1.50 bits per heavy atom. The van der Waals surface area contributed by atoms with Gasteiger partial charge in [0, 0.05) is 11.1 Å². The van der Waals surface area contributed by atoms with Crippen molar-refractivity contribution in [3.05, 3.63) is 28.2 Å². The molecule has 6 heteroatoms. The van der Waals surface area contributed by atoms with Crippen LogP contribution in [0.2, 0.25) is 0 Å². The number of benzene rings is 1. The molecule has 2 rings (SSSR count). The molecule has 2 unspecified atom stereocenters. The smallest absolute Gasteiger partial charge is 0.150 e. The molecular weight excluding hydrogens is 344 g/mol. The Balaban J connectivity index is 2.14. The van der Waals surface area contributed by atoms with E-state index in [2.05, 4.69) is 15.9 Å². The predicted octanol–water partition coefficient (Wildman–Crippen LogP) is 2.04. The van der Waals surface area contributed by atoms with Gasteiger partial charge < -0.3 is 9.84 Å². The van der Waals surface area contributed by atoms with Crippen LogP contribution in [0.25, 0.3) is 0 Å². The average molecular weight is 363 g/mol. The number of rotatable bonds is 5. The largest absolute Gasteiger partial charge is 0.497 e. The SMILES string of the molecule is COc1ccc(Br)c(CC(CO)C2CCS(=O)(=O)C2)c1. The van der Waals surface area contributed by atoms with E-state index < -0.39 is 9.84 Å². The minimum absolute atomic E-state index is 0.00381. The summed E-state index contributed by atoms with van der Waals surface area (Å²) in [6.07, 6.45) is 1.30. The van der Waals surface area contributed by atoms with Gasteiger partial charge in [0.25, 0.3) is 0 Å². The maximum Gasteiger partial charge on any atom is 0.150 e. The molecule has 4 nitrogen and oxygen atoms in total. The summed E-state index contributed by atoms with van der Waals surface area (Å²) in [5.74, 6) is 1.21. The van der Waals surface area contributed by atoms with Gasteiger partial charge in [-0.25, -0.2) is 8.42 Å². The average Bonchev–Trinajstić information content (AvgIpc) is 2.78. The number of aliphatic hydroxyl groups is 1. The van der Waals surface area contributed by atoms with Crippen LogP contribution < -0.4 is 4.74 Å². The Kier molecular flexibility index (Phi) is 5.09. The lowest BCUT2D eigenvalue weighted by Crippen LogP contribution is -2.22. The Bertz CT molecular complexity index is 571. The molecule has 1 aromatic rings. The molecule has 0 saturated carbocycles. The van der Waals surface area contributed by atoms with Crippen molar-refractivity contribution < 1.29 is 18.3 Å². The number of ether oxygens (including phenoxy) is 1. The van der Waals surface area contributed by atoms with Crippen molar-refractivity contribution in [1.82, 2.24) is 0 Å². The van der Waals surface area contributed by atoms with E-state index in [0.717, 1.165) is 15.8 Å². The lowest BCUT2D eigenvalue weighted by atomic mass is 9.87. The molecule has 1 fully saturated rings. The van der Waals surface area contributed by atoms with Crippen molar-refractivity contribution in [3.8, 4) is 5.75 Å². The molecule has 1 aliphatic rings. The van der Waals surface area contributed by atoms with Crippen LogP contribution >= 0.6 is 15.9 Å². The summed E-state index contributed by atoms with van der Waals surface area (Å²) in [6.45, 7) is 0.00381. The second-order valence-corrected chi connectivity index (χ2v) is 8.35. The molecule has 0 aromatic heterocycles. The van der Waals surface area contributed by atoms with Crippen LogP contribution in [0.5, 0.6) is 5.75 Å². The summed E-state index contributed by atoms with van der Waals surface area (Å²) in [5.41, 5.74) is 1.03. The second kappa shape index (κ2) is 6.45. The van der Waals surface area contributed by atoms with Crippen molar-refractivity contribution >= 4 is 25.8 Å². The summed E-state index contributed by atoms with van der Waals surface area (Å²) < 4.78 is 29.3. The van der Waals surface area contributed by atoms with Gasteiger partial charge in [-0.15, -0.1) is 0 Å². The zero-order chi connectivity index (χ0) is 14.8. The van der Waals surface area contributed by atoms with Crippen LogP contribution in [0.1, 0.15) is 12.0 Å². The number of hydrogen-bond acceptors (Lipinski definition) is 4. The number of sulfone groups is 1. The first-order valence-corrected chi connectivity index (χ1v) is 9.20. The highest BCUT2D eigenvalue weighted by Gasteiger charge is 2.33. The first-order valence-electron chi connectivity index (χ1n) is 6.59. The molecule has 1 aliphatic heterocycles. The molecule has 112 valence electrons. The van der Waals surface area contributed by atoms with Gasteiger partial charge in [0.1, 0.15) is 5.75 Å². The second-order valence-electron chi connectivity index (χ2n) is 5.27. The molecular formula is C14H19BrO4S. The van der Waals surface area contributed by atoms with Crippen LogP contribution in [0, 0.1) is 11.8 Å². The quantitative estimate of drug-likeness (QED) is 0.870. The normalized spacial score (nSPS) is 22.6. The minimum Gasteiger partial charge on any atom is -0.497 e. The van der Waals surface area contributed by atoms with E-state index in [1.54, 1.807) is 7.11 Å². The van der Waals surface area contributed by atoms with Crippen molar-refractivity contribution in [3.63, 3.8) is 0 Å². The topological polar surface area (TPSA) is 63.6 Å². The van der Waals surface area contributed by atoms with E-state index in [4.69, 9.17) is 4.74 Å². The predicted molar refractivity (Wildman–Crippen MR) is 81.7 cm³/mol. The van der Waals surface area contributed by atoms with E-state index in [1.165, 1.54) is 0 Å². The highest BCUT2D eigenvalue weighted by atomic mass is 79.9. The first kappa shape index (κ1) is 15.8. The number of aliphatic hydroxyl groups excluding tert-OH is 1. The molecule has 20 heavy (non-hydrogen) atoms. The van der Waals surface area contributed by atoms with Crippen molar-refractivity contribution in [1.29, 1.82) is 0 Å². The fourth-order valence-electron chi connectivity index (χ4n) is 2.69. The molecule has 1 aromatic carbocycles. The molecule has 1 N–H and O–H groups in total. The monoisotopic (exact) mass is 362 g/mol. The third kappa shape index (κ3) is 3.74. The molecule has 0 aliphatic carbocycles. The van der Waals surface area contributed by atoms with Gasteiger partial charge >= 0.3 is 0 Å². The molecule has 1 heterocycles. The Morgan fingerprint density at radius 3 is 2.80 bits per heavy atom. The number of hydrogen-bond donors (Lipinski definition) is 1. The molecule has 2 atom stereocenters. The number of halogens is 1. The summed E-state index contributed by atoms with van der Waals surface area (Å²) >= 11 is 3.49. The Hall–Kier alpha value is -0.590. The number of methoxy groups -OCH3 is 1. The summed E-state index contributed by atoms with van der Waals surface area (Å²) in [4.78, 5) is 0. The van der Waals surface area contributed by atoms with Crippen LogP contribution in [-0.2, 0) is 16.3 Å². The van der Waals surface area contributed by atoms with Gasteiger partial charge in [-0.3, -0.25) is 0 Å². The van der Waals surface area contributed by atoms with Crippen LogP contribution in [-0.4, -0.2) is 38.7 Å². The van der Waals surface area contributed by atoms with Gasteiger partial charge in [-0.2, -0.15) is 0 Å². The lowest BCUT2D eigenvalue weighted by molar-refractivity contribution is 0.183. The fourth-order valence-corrected chi connectivity index (χ4v) is 5.02. The van der Waals surface area contributed by atoms with Crippen LogP contribution in [0.15, 0.2) is 22.7 Å². The van der Waals surface area contributed by atoms with E-state index in [0.29, 0.717) is 12.8 Å². The lowest BCUT2D eigenvalue weighted by Gasteiger charge is -2.21. The minimum atomic E-state index is -2.91. The van der Waals surface area contributed by atoms with E-state index in [9.17, 15) is 13.5 Å². The van der Waals surface area contributed by atoms with Crippen molar-refractivity contribution in [2.24, 2.45) is 11.8 Å². The molecule has 0 radical (unpaired) electrons. The maximum atomic E-state index is 11.6. The van der Waals surface area contributed by atoms with Crippen LogP contribution in [0.3, 0.4) is 0 Å². The fraction of sp³-hybridized carbons (Fsp3) is 0.571. The Morgan fingerprint density at radius 2 is 2.25 bits per heavy atom. The first-order chi connectivity index (χ1) is 9.45. The molecule has 0 amide bonds. The highest BCUT2D eigenvalue weighted by molar-refractivity contribution is 9.10. The zero-order valence-electron chi connectivity index (χ0n) is 11.4. The molecule has 0 spiro atoms. The zero-order valence-corrected chi connectivity index (χ0v) is 13.8. The van der Waals surface area contributed by atoms with E-state index in [-0.39, 0.29) is 29.9 Å². The standard InChI is InChI=1S/C14H19BrO4S/c1-19-13-2-3-14(15)11(7-13)6-12(8-16)10-4-5-20(17,18)9-10/h2-3,7,10,12,16H,4-6,8-9H2,1H3. The third-order valence-corrected chi connectivity index (χ3v) is 6.47. The van der Waals surface area contributed by atoms with Gasteiger partial charge in [-0.05, 0) is 48.4 Å².